The van der Waals surface area contributed by atoms with Crippen molar-refractivity contribution in [3.63, 3.8) is 0 Å². The molecule has 0 fully saturated rings. The summed E-state index contributed by atoms with van der Waals surface area (Å²) in [6.07, 6.45) is 0.951. The minimum absolute atomic E-state index is 0.302. The number of carboxylic acid groups (broad SMARTS) is 1. The van der Waals surface area contributed by atoms with Crippen LogP contribution in [0.3, 0.4) is 0 Å². The number of carbonyl (C=O) groups excluding carboxylic acids is 2. The van der Waals surface area contributed by atoms with Gasteiger partial charge in [0.1, 0.15) is 5.60 Å². The van der Waals surface area contributed by atoms with Crippen molar-refractivity contribution in [1.29, 1.82) is 0 Å². The first-order valence-electron chi connectivity index (χ1n) is 7.02. The molecule has 0 heterocycles. The third kappa shape index (κ3) is 7.34. The molecule has 0 aliphatic carbocycles. The minimum Gasteiger partial charge on any atom is -0.548 e. The molecular formula is C16H22NO4-. The lowest BCUT2D eigenvalue weighted by atomic mass is 10.0. The van der Waals surface area contributed by atoms with Gasteiger partial charge in [-0.15, -0.1) is 0 Å². The molecule has 0 saturated carbocycles. The van der Waals surface area contributed by atoms with E-state index in [0.717, 1.165) is 12.0 Å². The smallest absolute Gasteiger partial charge is 0.408 e. The molecule has 0 radical (unpaired) electrons. The summed E-state index contributed by atoms with van der Waals surface area (Å²) in [5.41, 5.74) is 0.469. The van der Waals surface area contributed by atoms with Gasteiger partial charge in [-0.2, -0.15) is 0 Å². The van der Waals surface area contributed by atoms with Gasteiger partial charge in [0.25, 0.3) is 0 Å². The van der Waals surface area contributed by atoms with E-state index in [1.807, 2.05) is 30.3 Å². The number of alkyl carbamates (subject to hydrolysis) is 1. The monoisotopic (exact) mass is 292 g/mol. The summed E-state index contributed by atoms with van der Waals surface area (Å²) in [6.45, 7) is 5.15. The zero-order valence-electron chi connectivity index (χ0n) is 12.7. The molecule has 1 aromatic rings. The SMILES string of the molecule is CC(C)(C)OC(=O)N[C@H](CCCc1ccccc1)C(=O)[O-]. The summed E-state index contributed by atoms with van der Waals surface area (Å²) in [5, 5.41) is 13.4. The Morgan fingerprint density at radius 1 is 1.24 bits per heavy atom. The summed E-state index contributed by atoms with van der Waals surface area (Å²) in [4.78, 5) is 22.6. The topological polar surface area (TPSA) is 78.5 Å². The Bertz CT molecular complexity index is 465. The van der Waals surface area contributed by atoms with Crippen LogP contribution in [0.2, 0.25) is 0 Å². The zero-order chi connectivity index (χ0) is 15.9. The van der Waals surface area contributed by atoms with E-state index in [1.165, 1.54) is 0 Å². The number of hydrogen-bond acceptors (Lipinski definition) is 4. The van der Waals surface area contributed by atoms with Crippen molar-refractivity contribution in [2.45, 2.75) is 51.7 Å². The van der Waals surface area contributed by atoms with E-state index in [2.05, 4.69) is 5.32 Å². The molecule has 1 aromatic carbocycles. The van der Waals surface area contributed by atoms with Crippen LogP contribution in [0.1, 0.15) is 39.2 Å². The van der Waals surface area contributed by atoms with Crippen LogP contribution in [0.25, 0.3) is 0 Å². The molecule has 0 aromatic heterocycles. The Balaban J connectivity index is 2.43. The molecule has 0 aliphatic heterocycles. The number of rotatable bonds is 6. The number of aliphatic carboxylic acids is 1. The van der Waals surface area contributed by atoms with Crippen LogP contribution in [0.4, 0.5) is 4.79 Å². The first-order valence-corrected chi connectivity index (χ1v) is 7.02. The van der Waals surface area contributed by atoms with Gasteiger partial charge in [-0.1, -0.05) is 30.3 Å². The quantitative estimate of drug-likeness (QED) is 0.864. The van der Waals surface area contributed by atoms with Crippen molar-refractivity contribution in [3.8, 4) is 0 Å². The van der Waals surface area contributed by atoms with Gasteiger partial charge in [0.15, 0.2) is 0 Å². The average molecular weight is 292 g/mol. The lowest BCUT2D eigenvalue weighted by Crippen LogP contribution is -2.49. The van der Waals surface area contributed by atoms with Crippen molar-refractivity contribution in [1.82, 2.24) is 5.32 Å². The third-order valence-corrected chi connectivity index (χ3v) is 2.78. The summed E-state index contributed by atoms with van der Waals surface area (Å²) >= 11 is 0. The lowest BCUT2D eigenvalue weighted by molar-refractivity contribution is -0.308. The van der Waals surface area contributed by atoms with Gasteiger partial charge in [0.05, 0.1) is 12.0 Å². The second-order valence-electron chi connectivity index (χ2n) is 5.90. The minimum atomic E-state index is -1.30. The number of carbonyl (C=O) groups is 2. The predicted octanol–water partition coefficient (Wildman–Crippen LogP) is 1.65. The van der Waals surface area contributed by atoms with Gasteiger partial charge in [-0.3, -0.25) is 0 Å². The summed E-state index contributed by atoms with van der Waals surface area (Å²) in [6, 6.07) is 8.72. The van der Waals surface area contributed by atoms with E-state index in [4.69, 9.17) is 4.74 Å². The van der Waals surface area contributed by atoms with Crippen LogP contribution >= 0.6 is 0 Å². The highest BCUT2D eigenvalue weighted by atomic mass is 16.6. The second-order valence-corrected chi connectivity index (χ2v) is 5.90. The number of benzene rings is 1. The molecule has 0 spiro atoms. The van der Waals surface area contributed by atoms with E-state index >= 15 is 0 Å². The number of ether oxygens (including phenoxy) is 1. The molecule has 0 bridgehead atoms. The van der Waals surface area contributed by atoms with Gasteiger partial charge in [-0.25, -0.2) is 4.79 Å². The fourth-order valence-corrected chi connectivity index (χ4v) is 1.85. The Morgan fingerprint density at radius 3 is 2.38 bits per heavy atom. The van der Waals surface area contributed by atoms with Crippen molar-refractivity contribution in [2.75, 3.05) is 0 Å². The van der Waals surface area contributed by atoms with Crippen LogP contribution in [0, 0.1) is 0 Å². The normalized spacial score (nSPS) is 12.5. The van der Waals surface area contributed by atoms with Gasteiger partial charge < -0.3 is 20.0 Å². The van der Waals surface area contributed by atoms with E-state index in [0.29, 0.717) is 12.8 Å². The first-order chi connectivity index (χ1) is 9.78. The van der Waals surface area contributed by atoms with E-state index < -0.39 is 23.7 Å². The highest BCUT2D eigenvalue weighted by molar-refractivity contribution is 5.78. The number of nitrogens with one attached hydrogen (secondary N) is 1. The van der Waals surface area contributed by atoms with E-state index in [-0.39, 0.29) is 0 Å². The molecule has 116 valence electrons. The van der Waals surface area contributed by atoms with Crippen molar-refractivity contribution in [3.05, 3.63) is 35.9 Å². The maximum Gasteiger partial charge on any atom is 0.408 e. The molecular weight excluding hydrogens is 270 g/mol. The molecule has 1 N–H and O–H groups in total. The highest BCUT2D eigenvalue weighted by Crippen LogP contribution is 2.09. The largest absolute Gasteiger partial charge is 0.548 e. The van der Waals surface area contributed by atoms with Gasteiger partial charge in [-0.05, 0) is 45.6 Å². The number of hydrogen-bond donors (Lipinski definition) is 1. The fraction of sp³-hybridized carbons (Fsp3) is 0.500. The van der Waals surface area contributed by atoms with Crippen LogP contribution in [-0.2, 0) is 16.0 Å². The van der Waals surface area contributed by atoms with E-state index in [1.54, 1.807) is 20.8 Å². The van der Waals surface area contributed by atoms with Crippen LogP contribution in [-0.4, -0.2) is 23.7 Å². The van der Waals surface area contributed by atoms with Crippen LogP contribution in [0.15, 0.2) is 30.3 Å². The summed E-state index contributed by atoms with van der Waals surface area (Å²) in [5.74, 6) is -1.30. The molecule has 21 heavy (non-hydrogen) atoms. The van der Waals surface area contributed by atoms with Gasteiger partial charge >= 0.3 is 6.09 Å². The maximum atomic E-state index is 11.6. The zero-order valence-corrected chi connectivity index (χ0v) is 12.7. The molecule has 1 atom stereocenters. The number of amides is 1. The van der Waals surface area contributed by atoms with Crippen molar-refractivity contribution in [2.24, 2.45) is 0 Å². The predicted molar refractivity (Wildman–Crippen MR) is 77.5 cm³/mol. The lowest BCUT2D eigenvalue weighted by Gasteiger charge is -2.24. The van der Waals surface area contributed by atoms with Gasteiger partial charge in [0.2, 0.25) is 0 Å². The highest BCUT2D eigenvalue weighted by Gasteiger charge is 2.19. The number of carboxylic acids is 1. The van der Waals surface area contributed by atoms with Crippen molar-refractivity contribution < 1.29 is 19.4 Å². The third-order valence-electron chi connectivity index (χ3n) is 2.78. The molecule has 0 aliphatic rings. The maximum absolute atomic E-state index is 11.6. The standard InChI is InChI=1S/C16H23NO4/c1-16(2,3)21-15(20)17-13(14(18)19)11-7-10-12-8-5-4-6-9-12/h4-6,8-9,13H,7,10-11H2,1-3H3,(H,17,20)(H,18,19)/p-1/t13-/m1/s1. The first kappa shape index (κ1) is 17.0. The Hall–Kier alpha value is -2.04. The Labute approximate surface area is 125 Å². The average Bonchev–Trinajstić information content (AvgIpc) is 2.36. The van der Waals surface area contributed by atoms with Crippen LogP contribution in [0.5, 0.6) is 0 Å². The fourth-order valence-electron chi connectivity index (χ4n) is 1.85. The summed E-state index contributed by atoms with van der Waals surface area (Å²) in [7, 11) is 0. The molecule has 1 amide bonds. The van der Waals surface area contributed by atoms with Crippen LogP contribution < -0.4 is 10.4 Å². The second kappa shape index (κ2) is 7.67. The molecule has 0 unspecified atom stereocenters. The molecule has 5 nitrogen and oxygen atoms in total. The molecule has 5 heteroatoms. The number of aryl methyl sites for hydroxylation is 1. The molecule has 1 rings (SSSR count). The summed E-state index contributed by atoms with van der Waals surface area (Å²) < 4.78 is 5.04. The Morgan fingerprint density at radius 2 is 1.86 bits per heavy atom. The van der Waals surface area contributed by atoms with E-state index in [9.17, 15) is 14.7 Å². The van der Waals surface area contributed by atoms with Crippen molar-refractivity contribution >= 4 is 12.1 Å². The van der Waals surface area contributed by atoms with Gasteiger partial charge in [0, 0.05) is 0 Å². The Kier molecular flexibility index (Phi) is 6.21. The molecule has 0 saturated heterocycles.